The van der Waals surface area contributed by atoms with Crippen LogP contribution in [0.4, 0.5) is 0 Å². The van der Waals surface area contributed by atoms with Crippen LogP contribution in [0.25, 0.3) is 0 Å². The van der Waals surface area contributed by atoms with Crippen LogP contribution in [0.2, 0.25) is 0 Å². The lowest BCUT2D eigenvalue weighted by Gasteiger charge is -2.26. The van der Waals surface area contributed by atoms with Gasteiger partial charge in [-0.25, -0.2) is 0 Å². The number of primary amides is 2. The summed E-state index contributed by atoms with van der Waals surface area (Å²) in [6, 6.07) is 5.24. The molecule has 0 bridgehead atoms. The van der Waals surface area contributed by atoms with Gasteiger partial charge in [0.25, 0.3) is 0 Å². The summed E-state index contributed by atoms with van der Waals surface area (Å²) in [6.45, 7) is 3.83. The van der Waals surface area contributed by atoms with Gasteiger partial charge in [-0.15, -0.1) is 0 Å². The molecule has 0 aliphatic heterocycles. The number of hydrogen-bond acceptors (Lipinski definition) is 7. The van der Waals surface area contributed by atoms with Crippen LogP contribution in [0.5, 0.6) is 0 Å². The molecule has 14 nitrogen and oxygen atoms in total. The molecule has 0 spiro atoms. The predicted octanol–water partition coefficient (Wildman–Crippen LogP) is -2.50. The Morgan fingerprint density at radius 3 is 1.95 bits per heavy atom. The zero-order chi connectivity index (χ0) is 29.5. The maximum absolute atomic E-state index is 13.2. The van der Waals surface area contributed by atoms with Gasteiger partial charge in [0.15, 0.2) is 5.96 Å². The van der Waals surface area contributed by atoms with E-state index in [0.29, 0.717) is 0 Å². The number of aliphatic imine (C=N–C) groups is 1. The summed E-state index contributed by atoms with van der Waals surface area (Å²) in [5, 5.41) is 17.9. The standard InChI is InChI=1S/C25H40N8O6/c1-14(2)11-18(33-24(39)19(34)12-15-7-4-3-5-8-15)23(38)31-16(9-6-10-30-25(28)29)22(37)32-17(21(27)36)13-20(26)35/h3-5,7-8,14,16-19,34H,6,9-13H2,1-2H3,(H2,26,35)(H2,27,36)(H,31,38)(H,32,37)(H,33,39)(H4,28,29,30)/t16-,17-,18-,19?/m0/s1. The maximum Gasteiger partial charge on any atom is 0.249 e. The topological polar surface area (TPSA) is 258 Å². The van der Waals surface area contributed by atoms with Gasteiger partial charge in [0.2, 0.25) is 29.5 Å². The molecule has 0 fully saturated rings. The molecule has 0 aliphatic carbocycles. The SMILES string of the molecule is CC(C)C[C@H](NC(=O)C(O)Cc1ccccc1)C(=O)N[C@@H](CCCN=C(N)N)C(=O)N[C@@H](CC(N)=O)C(N)=O. The third-order valence-electron chi connectivity index (χ3n) is 5.56. The Kier molecular flexibility index (Phi) is 14.0. The summed E-state index contributed by atoms with van der Waals surface area (Å²) < 4.78 is 0. The first kappa shape index (κ1) is 32.8. The lowest BCUT2D eigenvalue weighted by Crippen LogP contribution is -2.57. The molecule has 1 aromatic carbocycles. The zero-order valence-corrected chi connectivity index (χ0v) is 22.3. The van der Waals surface area contributed by atoms with E-state index in [4.69, 9.17) is 22.9 Å². The second-order valence-electron chi connectivity index (χ2n) is 9.54. The Morgan fingerprint density at radius 1 is 0.846 bits per heavy atom. The Hall–Kier alpha value is -4.20. The number of aliphatic hydroxyl groups excluding tert-OH is 1. The van der Waals surface area contributed by atoms with E-state index in [9.17, 15) is 29.1 Å². The first-order valence-electron chi connectivity index (χ1n) is 12.6. The van der Waals surface area contributed by atoms with Crippen molar-refractivity contribution < 1.29 is 29.1 Å². The molecular formula is C25H40N8O6. The van der Waals surface area contributed by atoms with Crippen molar-refractivity contribution in [2.45, 2.75) is 70.2 Å². The third kappa shape index (κ3) is 13.2. The van der Waals surface area contributed by atoms with Crippen molar-refractivity contribution >= 4 is 35.5 Å². The molecule has 12 N–H and O–H groups in total. The van der Waals surface area contributed by atoms with Gasteiger partial charge in [0, 0.05) is 13.0 Å². The van der Waals surface area contributed by atoms with E-state index in [0.717, 1.165) is 5.56 Å². The number of amides is 5. The van der Waals surface area contributed by atoms with Gasteiger partial charge in [-0.3, -0.25) is 29.0 Å². The van der Waals surface area contributed by atoms with Crippen molar-refractivity contribution in [2.24, 2.45) is 33.8 Å². The summed E-state index contributed by atoms with van der Waals surface area (Å²) in [7, 11) is 0. The summed E-state index contributed by atoms with van der Waals surface area (Å²) in [4.78, 5) is 65.7. The number of benzene rings is 1. The van der Waals surface area contributed by atoms with Gasteiger partial charge < -0.3 is 44.0 Å². The summed E-state index contributed by atoms with van der Waals surface area (Å²) in [5.74, 6) is -4.25. The van der Waals surface area contributed by atoms with Crippen LogP contribution >= 0.6 is 0 Å². The molecule has 4 atom stereocenters. The van der Waals surface area contributed by atoms with Crippen LogP contribution in [0.1, 0.15) is 45.1 Å². The van der Waals surface area contributed by atoms with E-state index in [1.54, 1.807) is 24.3 Å². The van der Waals surface area contributed by atoms with Crippen LogP contribution in [0.3, 0.4) is 0 Å². The number of nitrogens with two attached hydrogens (primary N) is 4. The smallest absolute Gasteiger partial charge is 0.249 e. The number of guanidine groups is 1. The largest absolute Gasteiger partial charge is 0.383 e. The molecule has 216 valence electrons. The summed E-state index contributed by atoms with van der Waals surface area (Å²) in [5.41, 5.74) is 21.8. The van der Waals surface area contributed by atoms with Crippen molar-refractivity contribution in [3.05, 3.63) is 35.9 Å². The Balaban J connectivity index is 3.03. The van der Waals surface area contributed by atoms with E-state index in [1.165, 1.54) is 0 Å². The van der Waals surface area contributed by atoms with E-state index in [2.05, 4.69) is 20.9 Å². The molecule has 1 rings (SSSR count). The van der Waals surface area contributed by atoms with Crippen LogP contribution < -0.4 is 38.9 Å². The number of hydrogen-bond donors (Lipinski definition) is 8. The number of rotatable bonds is 17. The van der Waals surface area contributed by atoms with E-state index >= 15 is 0 Å². The Morgan fingerprint density at radius 2 is 1.41 bits per heavy atom. The van der Waals surface area contributed by atoms with Gasteiger partial charge in [-0.1, -0.05) is 44.2 Å². The zero-order valence-electron chi connectivity index (χ0n) is 22.3. The van der Waals surface area contributed by atoms with Gasteiger partial charge in [-0.05, 0) is 30.7 Å². The predicted molar refractivity (Wildman–Crippen MR) is 144 cm³/mol. The highest BCUT2D eigenvalue weighted by Gasteiger charge is 2.31. The number of carbonyl (C=O) groups is 5. The lowest BCUT2D eigenvalue weighted by molar-refractivity contribution is -0.136. The minimum Gasteiger partial charge on any atom is -0.383 e. The average molecular weight is 549 g/mol. The minimum absolute atomic E-state index is 0.0312. The van der Waals surface area contributed by atoms with E-state index in [1.807, 2.05) is 19.9 Å². The quantitative estimate of drug-likeness (QED) is 0.0585. The van der Waals surface area contributed by atoms with Gasteiger partial charge in [0.05, 0.1) is 6.42 Å². The van der Waals surface area contributed by atoms with Gasteiger partial charge in [-0.2, -0.15) is 0 Å². The van der Waals surface area contributed by atoms with Crippen LogP contribution in [0.15, 0.2) is 35.3 Å². The molecule has 1 unspecified atom stereocenters. The van der Waals surface area contributed by atoms with Crippen LogP contribution in [0, 0.1) is 5.92 Å². The molecule has 0 heterocycles. The number of aliphatic hydroxyl groups is 1. The van der Waals surface area contributed by atoms with Crippen LogP contribution in [-0.2, 0) is 30.4 Å². The number of nitrogens with one attached hydrogen (secondary N) is 3. The van der Waals surface area contributed by atoms with Crippen molar-refractivity contribution in [3.8, 4) is 0 Å². The fourth-order valence-corrected chi connectivity index (χ4v) is 3.64. The Labute approximate surface area is 227 Å². The number of nitrogens with zero attached hydrogens (tertiary/aromatic N) is 1. The van der Waals surface area contributed by atoms with Crippen molar-refractivity contribution in [3.63, 3.8) is 0 Å². The highest BCUT2D eigenvalue weighted by Crippen LogP contribution is 2.09. The lowest BCUT2D eigenvalue weighted by atomic mass is 10.0. The fraction of sp³-hybridized carbons (Fsp3) is 0.520. The normalized spacial score (nSPS) is 13.8. The second-order valence-corrected chi connectivity index (χ2v) is 9.54. The average Bonchev–Trinajstić information content (AvgIpc) is 2.84. The molecule has 0 aromatic heterocycles. The first-order chi connectivity index (χ1) is 18.3. The molecule has 5 amide bonds. The molecule has 0 aliphatic rings. The minimum atomic E-state index is -1.40. The molecule has 0 saturated heterocycles. The molecule has 0 radical (unpaired) electrons. The van der Waals surface area contributed by atoms with Crippen LogP contribution in [-0.4, -0.2) is 71.4 Å². The van der Waals surface area contributed by atoms with E-state index < -0.39 is 60.2 Å². The molecule has 14 heteroatoms. The van der Waals surface area contributed by atoms with Gasteiger partial charge in [0.1, 0.15) is 24.2 Å². The third-order valence-corrected chi connectivity index (χ3v) is 5.56. The molecule has 1 aromatic rings. The molecule has 39 heavy (non-hydrogen) atoms. The maximum atomic E-state index is 13.2. The second kappa shape index (κ2) is 16.6. The molecule has 0 saturated carbocycles. The monoisotopic (exact) mass is 548 g/mol. The van der Waals surface area contributed by atoms with Crippen molar-refractivity contribution in [1.82, 2.24) is 16.0 Å². The first-order valence-corrected chi connectivity index (χ1v) is 12.6. The number of carbonyl (C=O) groups excluding carboxylic acids is 5. The summed E-state index contributed by atoms with van der Waals surface area (Å²) >= 11 is 0. The van der Waals surface area contributed by atoms with Crippen molar-refractivity contribution in [2.75, 3.05) is 6.54 Å². The van der Waals surface area contributed by atoms with E-state index in [-0.39, 0.29) is 44.1 Å². The van der Waals surface area contributed by atoms with Gasteiger partial charge >= 0.3 is 0 Å². The fourth-order valence-electron chi connectivity index (χ4n) is 3.64. The summed E-state index contributed by atoms with van der Waals surface area (Å²) in [6.07, 6.45) is -1.35. The molecular weight excluding hydrogens is 508 g/mol. The highest BCUT2D eigenvalue weighted by molar-refractivity contribution is 5.95. The Bertz CT molecular complexity index is 1010. The highest BCUT2D eigenvalue weighted by atomic mass is 16.3. The van der Waals surface area contributed by atoms with Crippen molar-refractivity contribution in [1.29, 1.82) is 0 Å².